The van der Waals surface area contributed by atoms with E-state index >= 15 is 0 Å². The molecule has 2 aromatic rings. The minimum Gasteiger partial charge on any atom is -0.493 e. The molecule has 1 saturated heterocycles. The third-order valence-electron chi connectivity index (χ3n) is 4.07. The van der Waals surface area contributed by atoms with Crippen molar-refractivity contribution in [1.29, 1.82) is 0 Å². The molecule has 2 aromatic carbocycles. The first-order chi connectivity index (χ1) is 13.9. The second-order valence-corrected chi connectivity index (χ2v) is 7.85. The van der Waals surface area contributed by atoms with E-state index in [-0.39, 0.29) is 24.3 Å². The van der Waals surface area contributed by atoms with Gasteiger partial charge in [0, 0.05) is 22.2 Å². The summed E-state index contributed by atoms with van der Waals surface area (Å²) in [5.41, 5.74) is 1.50. The molecular weight excluding hydrogens is 433 g/mol. The van der Waals surface area contributed by atoms with Crippen molar-refractivity contribution in [3.05, 3.63) is 75.1 Å². The highest BCUT2D eigenvalue weighted by molar-refractivity contribution is 8.18. The molecule has 0 bridgehead atoms. The fourth-order valence-electron chi connectivity index (χ4n) is 2.63. The van der Waals surface area contributed by atoms with Crippen LogP contribution in [0.5, 0.6) is 11.5 Å². The minimum atomic E-state index is -0.337. The largest absolute Gasteiger partial charge is 0.493 e. The molecule has 1 heterocycles. The summed E-state index contributed by atoms with van der Waals surface area (Å²) in [7, 11) is 1.53. The van der Waals surface area contributed by atoms with Crippen LogP contribution in [0.3, 0.4) is 0 Å². The molecule has 0 aromatic heterocycles. The maximum absolute atomic E-state index is 12.3. The smallest absolute Gasteiger partial charge is 0.293 e. The van der Waals surface area contributed by atoms with Gasteiger partial charge in [-0.25, -0.2) is 0 Å². The number of amides is 2. The predicted octanol–water partition coefficient (Wildman–Crippen LogP) is 5.80. The van der Waals surface area contributed by atoms with E-state index in [4.69, 9.17) is 32.7 Å². The number of nitrogens with zero attached hydrogens (tertiary/aromatic N) is 1. The van der Waals surface area contributed by atoms with Crippen LogP contribution in [-0.4, -0.2) is 29.7 Å². The van der Waals surface area contributed by atoms with E-state index in [9.17, 15) is 9.59 Å². The monoisotopic (exact) mass is 449 g/mol. The van der Waals surface area contributed by atoms with Crippen molar-refractivity contribution >= 4 is 52.2 Å². The summed E-state index contributed by atoms with van der Waals surface area (Å²) in [5.74, 6) is 0.682. The molecule has 0 radical (unpaired) electrons. The lowest BCUT2D eigenvalue weighted by Gasteiger charge is -2.12. The van der Waals surface area contributed by atoms with Crippen LogP contribution in [0, 0.1) is 0 Å². The number of halogens is 2. The number of hydrogen-bond acceptors (Lipinski definition) is 5. The van der Waals surface area contributed by atoms with Gasteiger partial charge in [-0.15, -0.1) is 6.58 Å². The van der Waals surface area contributed by atoms with Crippen LogP contribution in [0.1, 0.15) is 11.1 Å². The topological polar surface area (TPSA) is 55.8 Å². The lowest BCUT2D eigenvalue weighted by molar-refractivity contribution is -0.122. The lowest BCUT2D eigenvalue weighted by atomic mass is 10.1. The molecule has 3 rings (SSSR count). The van der Waals surface area contributed by atoms with E-state index in [1.807, 2.05) is 0 Å². The second-order valence-electron chi connectivity index (χ2n) is 6.02. The van der Waals surface area contributed by atoms with Gasteiger partial charge in [0.05, 0.1) is 12.0 Å². The van der Waals surface area contributed by atoms with Gasteiger partial charge in [0.15, 0.2) is 11.5 Å². The average molecular weight is 450 g/mol. The molecule has 29 heavy (non-hydrogen) atoms. The van der Waals surface area contributed by atoms with Crippen LogP contribution in [-0.2, 0) is 11.4 Å². The van der Waals surface area contributed by atoms with E-state index in [1.165, 1.54) is 13.2 Å². The van der Waals surface area contributed by atoms with Gasteiger partial charge in [-0.1, -0.05) is 41.4 Å². The van der Waals surface area contributed by atoms with Gasteiger partial charge in [0.2, 0.25) is 0 Å². The summed E-state index contributed by atoms with van der Waals surface area (Å²) in [6.45, 7) is 3.99. The van der Waals surface area contributed by atoms with Crippen LogP contribution in [0.4, 0.5) is 4.79 Å². The molecular formula is C21H17Cl2NO4S. The first-order valence-corrected chi connectivity index (χ1v) is 10.1. The number of imide groups is 1. The maximum Gasteiger partial charge on any atom is 0.293 e. The number of hydrogen-bond donors (Lipinski definition) is 0. The Bertz CT molecular complexity index is 1010. The van der Waals surface area contributed by atoms with E-state index < -0.39 is 0 Å². The quantitative estimate of drug-likeness (QED) is 0.394. The Hall–Kier alpha value is -2.41. The van der Waals surface area contributed by atoms with Gasteiger partial charge in [-0.05, 0) is 47.7 Å². The van der Waals surface area contributed by atoms with Crippen LogP contribution in [0.2, 0.25) is 10.0 Å². The molecule has 0 aliphatic carbocycles. The number of benzene rings is 2. The third-order valence-corrected chi connectivity index (χ3v) is 5.56. The molecule has 0 atom stereocenters. The Morgan fingerprint density at radius 1 is 1.14 bits per heavy atom. The van der Waals surface area contributed by atoms with Gasteiger partial charge in [-0.2, -0.15) is 0 Å². The van der Waals surface area contributed by atoms with E-state index in [0.29, 0.717) is 32.0 Å². The fourth-order valence-corrected chi connectivity index (χ4v) is 3.94. The minimum absolute atomic E-state index is 0.186. The molecule has 5 nitrogen and oxygen atoms in total. The lowest BCUT2D eigenvalue weighted by Crippen LogP contribution is -2.27. The van der Waals surface area contributed by atoms with Crippen LogP contribution >= 0.6 is 35.0 Å². The first kappa shape index (κ1) is 21.3. The summed E-state index contributed by atoms with van der Waals surface area (Å²) in [6.07, 6.45) is 3.16. The molecule has 1 aliphatic heterocycles. The summed E-state index contributed by atoms with van der Waals surface area (Å²) in [5, 5.41) is 0.759. The fraction of sp³-hybridized carbons (Fsp3) is 0.143. The number of carbonyl (C=O) groups is 2. The Morgan fingerprint density at radius 3 is 2.62 bits per heavy atom. The van der Waals surface area contributed by atoms with Gasteiger partial charge in [0.1, 0.15) is 6.61 Å². The first-order valence-electron chi connectivity index (χ1n) is 8.54. The number of rotatable bonds is 7. The van der Waals surface area contributed by atoms with E-state index in [2.05, 4.69) is 6.58 Å². The van der Waals surface area contributed by atoms with Gasteiger partial charge in [0.25, 0.3) is 11.1 Å². The van der Waals surface area contributed by atoms with Crippen LogP contribution in [0.25, 0.3) is 6.08 Å². The average Bonchev–Trinajstić information content (AvgIpc) is 2.95. The van der Waals surface area contributed by atoms with Crippen molar-refractivity contribution in [1.82, 2.24) is 4.90 Å². The molecule has 2 amide bonds. The zero-order valence-corrected chi connectivity index (χ0v) is 17.8. The summed E-state index contributed by atoms with van der Waals surface area (Å²) in [4.78, 5) is 25.8. The van der Waals surface area contributed by atoms with Crippen molar-refractivity contribution in [2.24, 2.45) is 0 Å². The number of ether oxygens (including phenoxy) is 2. The molecule has 0 unspecified atom stereocenters. The zero-order valence-electron chi connectivity index (χ0n) is 15.5. The Labute approximate surface area is 182 Å². The molecule has 0 N–H and O–H groups in total. The molecule has 150 valence electrons. The maximum atomic E-state index is 12.3. The SMILES string of the molecule is C=CCN1C(=O)SC(=Cc2ccc(OCc3ccc(Cl)cc3Cl)c(OC)c2)C1=O. The number of carbonyl (C=O) groups excluding carboxylic acids is 2. The number of methoxy groups -OCH3 is 1. The third kappa shape index (κ3) is 4.96. The molecule has 1 fully saturated rings. The van der Waals surface area contributed by atoms with Gasteiger partial charge in [-0.3, -0.25) is 14.5 Å². The van der Waals surface area contributed by atoms with Crippen molar-refractivity contribution in [3.63, 3.8) is 0 Å². The number of thioether (sulfide) groups is 1. The van der Waals surface area contributed by atoms with Crippen LogP contribution in [0.15, 0.2) is 54.0 Å². The normalized spacial score (nSPS) is 15.1. The summed E-state index contributed by atoms with van der Waals surface area (Å²) < 4.78 is 11.2. The van der Waals surface area contributed by atoms with Gasteiger partial charge >= 0.3 is 0 Å². The Morgan fingerprint density at radius 2 is 1.93 bits per heavy atom. The molecule has 1 aliphatic rings. The predicted molar refractivity (Wildman–Crippen MR) is 117 cm³/mol. The zero-order chi connectivity index (χ0) is 21.0. The van der Waals surface area contributed by atoms with Gasteiger partial charge < -0.3 is 9.47 Å². The highest BCUT2D eigenvalue weighted by atomic mass is 35.5. The standard InChI is InChI=1S/C21H17Cl2NO4S/c1-3-8-24-20(25)19(29-21(24)26)10-13-4-7-17(18(9-13)27-2)28-12-14-5-6-15(22)11-16(14)23/h3-7,9-11H,1,8,12H2,2H3. The van der Waals surface area contributed by atoms with Crippen molar-refractivity contribution < 1.29 is 19.1 Å². The van der Waals surface area contributed by atoms with Crippen molar-refractivity contribution in [2.75, 3.05) is 13.7 Å². The highest BCUT2D eigenvalue weighted by Gasteiger charge is 2.34. The molecule has 0 saturated carbocycles. The van der Waals surface area contributed by atoms with Crippen molar-refractivity contribution in [3.8, 4) is 11.5 Å². The molecule has 0 spiro atoms. The van der Waals surface area contributed by atoms with E-state index in [0.717, 1.165) is 22.2 Å². The second kappa shape index (κ2) is 9.39. The Balaban J connectivity index is 1.77. The van der Waals surface area contributed by atoms with Crippen LogP contribution < -0.4 is 9.47 Å². The summed E-state index contributed by atoms with van der Waals surface area (Å²) >= 11 is 13.0. The highest BCUT2D eigenvalue weighted by Crippen LogP contribution is 2.35. The van der Waals surface area contributed by atoms with Crippen molar-refractivity contribution in [2.45, 2.75) is 6.61 Å². The summed E-state index contributed by atoms with van der Waals surface area (Å²) in [6, 6.07) is 10.4. The molecule has 8 heteroatoms. The van der Waals surface area contributed by atoms with E-state index in [1.54, 1.807) is 42.5 Å². The Kier molecular flexibility index (Phi) is 6.90.